The first-order valence-corrected chi connectivity index (χ1v) is 9.29. The summed E-state index contributed by atoms with van der Waals surface area (Å²) < 4.78 is 0. The third-order valence-electron chi connectivity index (χ3n) is 5.32. The maximum absolute atomic E-state index is 12.5. The molecule has 0 spiro atoms. The number of urea groups is 1. The van der Waals surface area contributed by atoms with E-state index in [9.17, 15) is 9.59 Å². The van der Waals surface area contributed by atoms with Gasteiger partial charge in [-0.25, -0.2) is 4.79 Å². The Morgan fingerprint density at radius 3 is 2.24 bits per heavy atom. The fraction of sp³-hybridized carbons (Fsp3) is 0.579. The zero-order valence-corrected chi connectivity index (χ0v) is 14.9. The van der Waals surface area contributed by atoms with Gasteiger partial charge in [0.2, 0.25) is 5.91 Å². The number of hydrogen-bond acceptors (Lipinski definition) is 3. The number of nitrogens with zero attached hydrogens (tertiary/aromatic N) is 1. The van der Waals surface area contributed by atoms with Crippen molar-refractivity contribution >= 4 is 23.3 Å². The molecule has 1 aliphatic heterocycles. The van der Waals surface area contributed by atoms with E-state index in [1.165, 1.54) is 32.1 Å². The molecule has 1 aromatic carbocycles. The number of carbonyl (C=O) groups is 2. The first-order valence-electron chi connectivity index (χ1n) is 9.29. The van der Waals surface area contributed by atoms with Gasteiger partial charge < -0.3 is 16.0 Å². The van der Waals surface area contributed by atoms with Gasteiger partial charge in [0, 0.05) is 31.0 Å². The highest BCUT2D eigenvalue weighted by molar-refractivity contribution is 5.93. The number of rotatable bonds is 4. The SMILES string of the molecule is CNC(=O)Nc1ccc(NC(=O)C2CCN(C3CCCCC3)C2)cc1. The Morgan fingerprint density at radius 1 is 0.960 bits per heavy atom. The van der Waals surface area contributed by atoms with Crippen molar-refractivity contribution in [1.82, 2.24) is 10.2 Å². The van der Waals surface area contributed by atoms with Crippen LogP contribution in [0, 0.1) is 5.92 Å². The van der Waals surface area contributed by atoms with E-state index in [0.29, 0.717) is 11.7 Å². The van der Waals surface area contributed by atoms with Gasteiger partial charge in [-0.05, 0) is 50.1 Å². The van der Waals surface area contributed by atoms with Crippen LogP contribution in [0.25, 0.3) is 0 Å². The van der Waals surface area contributed by atoms with Crippen molar-refractivity contribution in [2.75, 3.05) is 30.8 Å². The van der Waals surface area contributed by atoms with Gasteiger partial charge in [-0.15, -0.1) is 0 Å². The molecule has 3 rings (SSSR count). The van der Waals surface area contributed by atoms with E-state index in [-0.39, 0.29) is 17.9 Å². The maximum Gasteiger partial charge on any atom is 0.318 e. The summed E-state index contributed by atoms with van der Waals surface area (Å²) in [6, 6.07) is 7.63. The van der Waals surface area contributed by atoms with Crippen molar-refractivity contribution in [2.24, 2.45) is 5.92 Å². The number of benzene rings is 1. The normalized spacial score (nSPS) is 21.7. The molecule has 2 fully saturated rings. The fourth-order valence-corrected chi connectivity index (χ4v) is 3.85. The summed E-state index contributed by atoms with van der Waals surface area (Å²) in [7, 11) is 1.57. The van der Waals surface area contributed by atoms with E-state index in [1.54, 1.807) is 19.2 Å². The smallest absolute Gasteiger partial charge is 0.318 e. The molecule has 1 heterocycles. The van der Waals surface area contributed by atoms with Gasteiger partial charge in [-0.3, -0.25) is 9.69 Å². The topological polar surface area (TPSA) is 73.5 Å². The second-order valence-electron chi connectivity index (χ2n) is 7.04. The van der Waals surface area contributed by atoms with Crippen molar-refractivity contribution in [1.29, 1.82) is 0 Å². The second-order valence-corrected chi connectivity index (χ2v) is 7.04. The van der Waals surface area contributed by atoms with Gasteiger partial charge in [-0.2, -0.15) is 0 Å². The van der Waals surface area contributed by atoms with Crippen LogP contribution in [0.15, 0.2) is 24.3 Å². The molecule has 3 N–H and O–H groups in total. The van der Waals surface area contributed by atoms with Crippen LogP contribution in [0.5, 0.6) is 0 Å². The zero-order valence-electron chi connectivity index (χ0n) is 14.9. The van der Waals surface area contributed by atoms with E-state index in [0.717, 1.165) is 25.2 Å². The molecule has 1 unspecified atom stereocenters. The van der Waals surface area contributed by atoms with Gasteiger partial charge in [0.15, 0.2) is 0 Å². The first kappa shape index (κ1) is 17.7. The number of likely N-dealkylation sites (tertiary alicyclic amines) is 1. The second kappa shape index (κ2) is 8.34. The summed E-state index contributed by atoms with van der Waals surface area (Å²) in [6.07, 6.45) is 7.53. The summed E-state index contributed by atoms with van der Waals surface area (Å²) in [5, 5.41) is 8.21. The van der Waals surface area contributed by atoms with Crippen LogP contribution in [-0.2, 0) is 4.79 Å². The van der Waals surface area contributed by atoms with Crippen molar-refractivity contribution in [3.63, 3.8) is 0 Å². The first-order chi connectivity index (χ1) is 12.2. The Morgan fingerprint density at radius 2 is 1.60 bits per heavy atom. The standard InChI is InChI=1S/C19H28N4O2/c1-20-19(25)22-16-9-7-15(8-10-16)21-18(24)14-11-12-23(13-14)17-5-3-2-4-6-17/h7-10,14,17H,2-6,11-13H2,1H3,(H,21,24)(H2,20,22,25). The van der Waals surface area contributed by atoms with Crippen LogP contribution in [0.4, 0.5) is 16.2 Å². The summed E-state index contributed by atoms with van der Waals surface area (Å²) in [5.74, 6) is 0.177. The molecule has 25 heavy (non-hydrogen) atoms. The Bertz CT molecular complexity index is 596. The van der Waals surface area contributed by atoms with Gasteiger partial charge in [0.1, 0.15) is 0 Å². The molecular weight excluding hydrogens is 316 g/mol. The van der Waals surface area contributed by atoms with E-state index < -0.39 is 0 Å². The minimum atomic E-state index is -0.259. The summed E-state index contributed by atoms with van der Waals surface area (Å²) in [4.78, 5) is 26.3. The minimum absolute atomic E-state index is 0.0746. The molecule has 1 atom stereocenters. The van der Waals surface area contributed by atoms with Crippen LogP contribution in [0.1, 0.15) is 38.5 Å². The number of carbonyl (C=O) groups excluding carboxylic acids is 2. The predicted molar refractivity (Wildman–Crippen MR) is 99.7 cm³/mol. The van der Waals surface area contributed by atoms with Crippen LogP contribution in [0.3, 0.4) is 0 Å². The molecule has 2 aliphatic rings. The fourth-order valence-electron chi connectivity index (χ4n) is 3.85. The van der Waals surface area contributed by atoms with Gasteiger partial charge in [0.25, 0.3) is 0 Å². The highest BCUT2D eigenvalue weighted by Crippen LogP contribution is 2.28. The molecule has 1 aromatic rings. The lowest BCUT2D eigenvalue weighted by Crippen LogP contribution is -2.36. The lowest BCUT2D eigenvalue weighted by molar-refractivity contribution is -0.119. The Hall–Kier alpha value is -2.08. The van der Waals surface area contributed by atoms with Crippen molar-refractivity contribution in [3.05, 3.63) is 24.3 Å². The van der Waals surface area contributed by atoms with Crippen LogP contribution in [0.2, 0.25) is 0 Å². The summed E-state index contributed by atoms with van der Waals surface area (Å²) >= 11 is 0. The highest BCUT2D eigenvalue weighted by Gasteiger charge is 2.32. The Balaban J connectivity index is 1.49. The molecule has 6 nitrogen and oxygen atoms in total. The number of hydrogen-bond donors (Lipinski definition) is 3. The van der Waals surface area contributed by atoms with Gasteiger partial charge >= 0.3 is 6.03 Å². The van der Waals surface area contributed by atoms with Crippen molar-refractivity contribution in [3.8, 4) is 0 Å². The quantitative estimate of drug-likeness (QED) is 0.786. The largest absolute Gasteiger partial charge is 0.341 e. The molecule has 6 heteroatoms. The van der Waals surface area contributed by atoms with Crippen LogP contribution in [-0.4, -0.2) is 43.0 Å². The lowest BCUT2D eigenvalue weighted by atomic mass is 9.94. The predicted octanol–water partition coefficient (Wildman–Crippen LogP) is 3.03. The van der Waals surface area contributed by atoms with Gasteiger partial charge in [-0.1, -0.05) is 19.3 Å². The molecule has 0 aromatic heterocycles. The molecule has 1 aliphatic carbocycles. The minimum Gasteiger partial charge on any atom is -0.341 e. The number of nitrogens with one attached hydrogen (secondary N) is 3. The van der Waals surface area contributed by atoms with Crippen molar-refractivity contribution < 1.29 is 9.59 Å². The highest BCUT2D eigenvalue weighted by atomic mass is 16.2. The summed E-state index contributed by atoms with van der Waals surface area (Å²) in [5.41, 5.74) is 1.46. The maximum atomic E-state index is 12.5. The molecule has 0 radical (unpaired) electrons. The molecule has 0 bridgehead atoms. The average Bonchev–Trinajstić information content (AvgIpc) is 3.14. The lowest BCUT2D eigenvalue weighted by Gasteiger charge is -2.30. The van der Waals surface area contributed by atoms with Crippen molar-refractivity contribution in [2.45, 2.75) is 44.6 Å². The molecule has 3 amide bonds. The zero-order chi connectivity index (χ0) is 17.6. The monoisotopic (exact) mass is 344 g/mol. The average molecular weight is 344 g/mol. The molecule has 1 saturated carbocycles. The Kier molecular flexibility index (Phi) is 5.91. The van der Waals surface area contributed by atoms with Gasteiger partial charge in [0.05, 0.1) is 5.92 Å². The molecule has 1 saturated heterocycles. The Labute approximate surface area is 149 Å². The van der Waals surface area contributed by atoms with Crippen LogP contribution >= 0.6 is 0 Å². The van der Waals surface area contributed by atoms with E-state index >= 15 is 0 Å². The van der Waals surface area contributed by atoms with Crippen LogP contribution < -0.4 is 16.0 Å². The van der Waals surface area contributed by atoms with E-state index in [2.05, 4.69) is 20.9 Å². The van der Waals surface area contributed by atoms with E-state index in [1.807, 2.05) is 12.1 Å². The number of amides is 3. The van der Waals surface area contributed by atoms with E-state index in [4.69, 9.17) is 0 Å². The number of anilines is 2. The molecule has 136 valence electrons. The molecular formula is C19H28N4O2. The summed E-state index contributed by atoms with van der Waals surface area (Å²) in [6.45, 7) is 1.92. The third-order valence-corrected chi connectivity index (χ3v) is 5.32. The third kappa shape index (κ3) is 4.72.